The van der Waals surface area contributed by atoms with Gasteiger partial charge in [0.2, 0.25) is 16.4 Å². The Morgan fingerprint density at radius 3 is 2.38 bits per heavy atom. The van der Waals surface area contributed by atoms with E-state index in [4.69, 9.17) is 5.26 Å². The first-order chi connectivity index (χ1) is 16.4. The van der Waals surface area contributed by atoms with Crippen LogP contribution in [0.15, 0.2) is 53.4 Å². The van der Waals surface area contributed by atoms with Crippen LogP contribution < -0.4 is 5.32 Å². The molecule has 182 valence electrons. The molecule has 0 aromatic heterocycles. The van der Waals surface area contributed by atoms with Gasteiger partial charge in [0.15, 0.2) is 0 Å². The number of nitriles is 1. The highest BCUT2D eigenvalue weighted by atomic mass is 32.2. The number of hydrogen-bond acceptors (Lipinski definition) is 5. The number of rotatable bonds is 7. The number of carbonyl (C=O) groups excluding carboxylic acids is 2. The zero-order valence-electron chi connectivity index (χ0n) is 18.7. The van der Waals surface area contributed by atoms with Gasteiger partial charge in [-0.3, -0.25) is 9.59 Å². The molecular weight excluding hydrogens is 459 g/mol. The van der Waals surface area contributed by atoms with Crippen LogP contribution in [0.4, 0.5) is 4.39 Å². The molecule has 2 fully saturated rings. The van der Waals surface area contributed by atoms with Crippen LogP contribution in [0, 0.1) is 17.2 Å². The molecule has 0 atom stereocenters. The molecule has 2 aliphatic heterocycles. The molecule has 8 nitrogen and oxygen atoms in total. The minimum absolute atomic E-state index is 0. The molecule has 34 heavy (non-hydrogen) atoms. The van der Waals surface area contributed by atoms with Crippen molar-refractivity contribution in [2.24, 2.45) is 5.92 Å². The van der Waals surface area contributed by atoms with E-state index < -0.39 is 16.7 Å². The topological polar surface area (TPSA) is 111 Å². The second-order valence-corrected chi connectivity index (χ2v) is 10.1. The van der Waals surface area contributed by atoms with Crippen LogP contribution in [0.1, 0.15) is 35.8 Å². The summed E-state index contributed by atoms with van der Waals surface area (Å²) in [5.41, 5.74) is 2.03. The Kier molecular flexibility index (Phi) is 8.73. The number of sulfonamides is 1. The van der Waals surface area contributed by atoms with Gasteiger partial charge in [-0.05, 0) is 42.2 Å². The Morgan fingerprint density at radius 2 is 1.79 bits per heavy atom. The molecule has 2 aromatic carbocycles. The highest BCUT2D eigenvalue weighted by molar-refractivity contribution is 7.89. The van der Waals surface area contributed by atoms with Gasteiger partial charge in [-0.25, -0.2) is 12.8 Å². The van der Waals surface area contributed by atoms with Gasteiger partial charge >= 0.3 is 0 Å². The first-order valence-corrected chi connectivity index (χ1v) is 12.4. The quantitative estimate of drug-likeness (QED) is 0.603. The molecule has 2 saturated heterocycles. The molecule has 2 aromatic rings. The lowest BCUT2D eigenvalue weighted by Crippen LogP contribution is -2.49. The average molecular weight is 489 g/mol. The van der Waals surface area contributed by atoms with Gasteiger partial charge in [-0.2, -0.15) is 9.57 Å². The van der Waals surface area contributed by atoms with Crippen molar-refractivity contribution in [3.05, 3.63) is 65.2 Å². The maximum atomic E-state index is 12.5. The molecule has 0 aliphatic carbocycles. The van der Waals surface area contributed by atoms with E-state index in [0.717, 1.165) is 31.5 Å². The Bertz CT molecular complexity index is 1140. The van der Waals surface area contributed by atoms with E-state index in [9.17, 15) is 22.4 Å². The van der Waals surface area contributed by atoms with Crippen LogP contribution in [0.3, 0.4) is 0 Å². The molecule has 10 heteroatoms. The van der Waals surface area contributed by atoms with Crippen molar-refractivity contribution in [1.82, 2.24) is 14.5 Å². The van der Waals surface area contributed by atoms with E-state index in [1.807, 2.05) is 0 Å². The molecule has 2 aliphatic rings. The molecule has 0 spiro atoms. The van der Waals surface area contributed by atoms with Crippen molar-refractivity contribution < 1.29 is 23.8 Å². The van der Waals surface area contributed by atoms with Crippen LogP contribution >= 0.6 is 0 Å². The third-order valence-corrected chi connectivity index (χ3v) is 7.54. The Hall–Kier alpha value is -3.29. The van der Waals surface area contributed by atoms with Crippen molar-refractivity contribution in [3.8, 4) is 6.07 Å². The third-order valence-electron chi connectivity index (χ3n) is 5.71. The van der Waals surface area contributed by atoms with Crippen molar-refractivity contribution in [3.63, 3.8) is 0 Å². The summed E-state index contributed by atoms with van der Waals surface area (Å²) in [5, 5.41) is 11.3. The van der Waals surface area contributed by atoms with E-state index in [1.165, 1.54) is 16.4 Å². The maximum Gasteiger partial charge on any atom is 0.253 e. The Labute approximate surface area is 200 Å². The number of halogens is 1. The van der Waals surface area contributed by atoms with E-state index in [1.54, 1.807) is 41.3 Å². The number of likely N-dealkylation sites (tertiary alicyclic amines) is 1. The first-order valence-electron chi connectivity index (χ1n) is 11.0. The fourth-order valence-corrected chi connectivity index (χ4v) is 5.24. The minimum Gasteiger partial charge on any atom is -0.355 e. The molecule has 0 unspecified atom stereocenters. The summed E-state index contributed by atoms with van der Waals surface area (Å²) in [5.74, 6) is -0.350. The number of amides is 2. The second kappa shape index (κ2) is 11.7. The first kappa shape index (κ1) is 25.3. The summed E-state index contributed by atoms with van der Waals surface area (Å²) in [6, 6.07) is 15.2. The highest BCUT2D eigenvalue weighted by Crippen LogP contribution is 2.25. The lowest BCUT2D eigenvalue weighted by Gasteiger charge is -2.34. The third kappa shape index (κ3) is 6.18. The second-order valence-electron chi connectivity index (χ2n) is 8.12. The SMILES string of the molecule is N#CC1CN(S(=O)(=O)c2cccc(C(=O)N3CCCC3)c2)C1.O=CNCc1ccc(CF)cc1.[HH]. The standard InChI is InChI=1S/C15H17N3O3S.C9H10FNO.H2/c16-9-12-10-18(11-12)22(20,21)14-5-3-4-13(8-14)15(19)17-6-1-2-7-17;10-5-8-1-3-9(4-2-8)6-11-7-12;/h3-5,8,12H,1-2,6-7,10-11H2;1-4,7H,5-6H2,(H,11,12);1H. The van der Waals surface area contributed by atoms with Crippen LogP contribution in [0.5, 0.6) is 0 Å². The predicted molar refractivity (Wildman–Crippen MR) is 126 cm³/mol. The molecule has 0 bridgehead atoms. The summed E-state index contributed by atoms with van der Waals surface area (Å²) in [6.45, 7) is 1.96. The lowest BCUT2D eigenvalue weighted by molar-refractivity contribution is -0.109. The fourth-order valence-electron chi connectivity index (χ4n) is 3.66. The molecule has 0 saturated carbocycles. The Balaban J connectivity index is 0.000000284. The number of nitrogens with one attached hydrogen (secondary N) is 1. The van der Waals surface area contributed by atoms with Crippen molar-refractivity contribution in [2.45, 2.75) is 31.0 Å². The maximum absolute atomic E-state index is 12.5. The van der Waals surface area contributed by atoms with Gasteiger partial charge in [0, 0.05) is 39.7 Å². The van der Waals surface area contributed by atoms with Crippen LogP contribution in [-0.4, -0.2) is 56.1 Å². The van der Waals surface area contributed by atoms with E-state index in [-0.39, 0.29) is 31.2 Å². The highest BCUT2D eigenvalue weighted by Gasteiger charge is 2.37. The van der Waals surface area contributed by atoms with Gasteiger partial charge in [-0.1, -0.05) is 30.3 Å². The van der Waals surface area contributed by atoms with E-state index >= 15 is 0 Å². The minimum atomic E-state index is -3.61. The molecular formula is C24H29FN4O4S. The number of nitrogens with zero attached hydrogens (tertiary/aromatic N) is 3. The van der Waals surface area contributed by atoms with Gasteiger partial charge in [0.25, 0.3) is 5.91 Å². The zero-order chi connectivity index (χ0) is 24.6. The van der Waals surface area contributed by atoms with Crippen LogP contribution in [0.25, 0.3) is 0 Å². The lowest BCUT2D eigenvalue weighted by atomic mass is 10.1. The summed E-state index contributed by atoms with van der Waals surface area (Å²) >= 11 is 0. The van der Waals surface area contributed by atoms with Crippen LogP contribution in [-0.2, 0) is 28.0 Å². The van der Waals surface area contributed by atoms with E-state index in [2.05, 4.69) is 11.4 Å². The van der Waals surface area contributed by atoms with E-state index in [0.29, 0.717) is 24.1 Å². The van der Waals surface area contributed by atoms with Crippen molar-refractivity contribution >= 4 is 22.3 Å². The van der Waals surface area contributed by atoms with Gasteiger partial charge < -0.3 is 10.2 Å². The number of alkyl halides is 1. The van der Waals surface area contributed by atoms with Gasteiger partial charge in [0.05, 0.1) is 16.9 Å². The molecule has 2 heterocycles. The fraction of sp³-hybridized carbons (Fsp3) is 0.375. The summed E-state index contributed by atoms with van der Waals surface area (Å²) < 4.78 is 38.2. The normalized spacial score (nSPS) is 16.1. The van der Waals surface area contributed by atoms with Crippen molar-refractivity contribution in [1.29, 1.82) is 5.26 Å². The number of carbonyl (C=O) groups is 2. The molecule has 0 radical (unpaired) electrons. The largest absolute Gasteiger partial charge is 0.355 e. The summed E-state index contributed by atoms with van der Waals surface area (Å²) in [7, 11) is -3.61. The zero-order valence-corrected chi connectivity index (χ0v) is 19.5. The molecule has 1 N–H and O–H groups in total. The molecule has 4 rings (SSSR count). The summed E-state index contributed by atoms with van der Waals surface area (Å²) in [6.07, 6.45) is 2.63. The smallest absolute Gasteiger partial charge is 0.253 e. The number of benzene rings is 2. The molecule has 2 amide bonds. The van der Waals surface area contributed by atoms with Crippen LogP contribution in [0.2, 0.25) is 0 Å². The van der Waals surface area contributed by atoms with Gasteiger partial charge in [-0.15, -0.1) is 0 Å². The summed E-state index contributed by atoms with van der Waals surface area (Å²) in [4.78, 5) is 24.2. The Morgan fingerprint density at radius 1 is 1.15 bits per heavy atom. The average Bonchev–Trinajstić information content (AvgIpc) is 3.37. The predicted octanol–water partition coefficient (Wildman–Crippen LogP) is 2.71. The van der Waals surface area contributed by atoms with Gasteiger partial charge in [0.1, 0.15) is 6.67 Å². The monoisotopic (exact) mass is 488 g/mol. The van der Waals surface area contributed by atoms with Crippen molar-refractivity contribution in [2.75, 3.05) is 26.2 Å². The number of hydrogen-bond donors (Lipinski definition) is 1.